The van der Waals surface area contributed by atoms with E-state index in [-0.39, 0.29) is 18.2 Å². The highest BCUT2D eigenvalue weighted by Gasteiger charge is 2.14. The first-order chi connectivity index (χ1) is 12.1. The summed E-state index contributed by atoms with van der Waals surface area (Å²) in [6.07, 6.45) is 3.79. The van der Waals surface area contributed by atoms with Crippen LogP contribution in [-0.2, 0) is 11.3 Å². The van der Waals surface area contributed by atoms with Gasteiger partial charge in [-0.3, -0.25) is 9.59 Å². The minimum absolute atomic E-state index is 0.0744. The fourth-order valence-electron chi connectivity index (χ4n) is 2.68. The molecule has 1 aromatic heterocycles. The fourth-order valence-corrected chi connectivity index (χ4v) is 2.68. The highest BCUT2D eigenvalue weighted by Crippen LogP contribution is 2.17. The number of rotatable bonds is 5. The first-order valence-corrected chi connectivity index (χ1v) is 8.08. The van der Waals surface area contributed by atoms with Crippen molar-refractivity contribution in [1.29, 1.82) is 0 Å². The molecule has 124 valence electrons. The highest BCUT2D eigenvalue weighted by molar-refractivity contribution is 6.03. The molecule has 0 fully saturated rings. The maximum absolute atomic E-state index is 12.4. The molecular weight excluding hydrogens is 312 g/mol. The zero-order valence-electron chi connectivity index (χ0n) is 14.0. The van der Waals surface area contributed by atoms with E-state index in [1.165, 1.54) is 6.92 Å². The lowest BCUT2D eigenvalue weighted by molar-refractivity contribution is -0.683. The molecule has 0 unspecified atom stereocenters. The molecule has 0 radical (unpaired) electrons. The van der Waals surface area contributed by atoms with Crippen LogP contribution in [0, 0.1) is 0 Å². The van der Waals surface area contributed by atoms with Crippen molar-refractivity contribution in [3.8, 4) is 11.1 Å². The summed E-state index contributed by atoms with van der Waals surface area (Å²) < 4.78 is 1.83. The number of pyridine rings is 1. The van der Waals surface area contributed by atoms with Gasteiger partial charge in [-0.15, -0.1) is 0 Å². The average molecular weight is 331 g/mol. The number of amides is 1. The Morgan fingerprint density at radius 3 is 2.32 bits per heavy atom. The Morgan fingerprint density at radius 2 is 1.56 bits per heavy atom. The Labute approximate surface area is 146 Å². The van der Waals surface area contributed by atoms with E-state index < -0.39 is 0 Å². The van der Waals surface area contributed by atoms with Crippen LogP contribution in [0.5, 0.6) is 0 Å². The van der Waals surface area contributed by atoms with Crippen molar-refractivity contribution in [1.82, 2.24) is 0 Å². The van der Waals surface area contributed by atoms with Gasteiger partial charge < -0.3 is 5.32 Å². The second-order valence-corrected chi connectivity index (χ2v) is 5.78. The average Bonchev–Trinajstić information content (AvgIpc) is 2.63. The minimum Gasteiger partial charge on any atom is -0.320 e. The van der Waals surface area contributed by atoms with Crippen molar-refractivity contribution in [2.24, 2.45) is 0 Å². The van der Waals surface area contributed by atoms with Crippen molar-refractivity contribution in [3.05, 3.63) is 84.7 Å². The predicted octanol–water partition coefficient (Wildman–Crippen LogP) is 3.48. The number of nitrogens with zero attached hydrogens (tertiary/aromatic N) is 1. The summed E-state index contributed by atoms with van der Waals surface area (Å²) in [5.41, 5.74) is 3.19. The molecule has 3 rings (SSSR count). The van der Waals surface area contributed by atoms with Crippen molar-refractivity contribution in [2.45, 2.75) is 13.5 Å². The monoisotopic (exact) mass is 331 g/mol. The van der Waals surface area contributed by atoms with E-state index in [9.17, 15) is 9.59 Å². The van der Waals surface area contributed by atoms with Gasteiger partial charge in [0.25, 0.3) is 5.91 Å². The van der Waals surface area contributed by atoms with Crippen molar-refractivity contribution >= 4 is 17.4 Å². The van der Waals surface area contributed by atoms with E-state index in [1.807, 2.05) is 59.4 Å². The van der Waals surface area contributed by atoms with Crippen molar-refractivity contribution in [2.75, 3.05) is 5.32 Å². The van der Waals surface area contributed by atoms with Crippen LogP contribution in [0.25, 0.3) is 11.1 Å². The summed E-state index contributed by atoms with van der Waals surface area (Å²) in [5, 5.41) is 2.82. The number of Topliss-reactive ketones (excluding diaryl/α,β-unsaturated/α-hetero) is 1. The van der Waals surface area contributed by atoms with Crippen molar-refractivity contribution in [3.63, 3.8) is 0 Å². The molecule has 2 aromatic carbocycles. The van der Waals surface area contributed by atoms with Gasteiger partial charge in [-0.05, 0) is 30.7 Å². The molecule has 25 heavy (non-hydrogen) atoms. The van der Waals surface area contributed by atoms with Crippen LogP contribution in [0.1, 0.15) is 17.3 Å². The van der Waals surface area contributed by atoms with Gasteiger partial charge in [0, 0.05) is 17.2 Å². The lowest BCUT2D eigenvalue weighted by Gasteiger charge is -2.07. The first-order valence-electron chi connectivity index (χ1n) is 8.08. The Hall–Kier alpha value is -3.27. The number of anilines is 1. The highest BCUT2D eigenvalue weighted by atomic mass is 16.2. The van der Waals surface area contributed by atoms with Gasteiger partial charge in [-0.2, -0.15) is 4.57 Å². The molecule has 0 bridgehead atoms. The van der Waals surface area contributed by atoms with Gasteiger partial charge in [-0.1, -0.05) is 42.5 Å². The summed E-state index contributed by atoms with van der Waals surface area (Å²) in [6, 6.07) is 21.0. The van der Waals surface area contributed by atoms with Crippen LogP contribution in [0.2, 0.25) is 0 Å². The minimum atomic E-state index is -0.177. The number of carbonyl (C=O) groups excluding carboxylic acids is 2. The number of para-hydroxylation sites is 1. The number of carbonyl (C=O) groups is 2. The SMILES string of the molecule is CC(=O)c1ccccc1NC(=O)C[n+]1cccc(-c2ccccc2)c1. The summed E-state index contributed by atoms with van der Waals surface area (Å²) in [7, 11) is 0. The number of ketones is 1. The number of nitrogens with one attached hydrogen (secondary N) is 1. The van der Waals surface area contributed by atoms with Gasteiger partial charge >= 0.3 is 0 Å². The zero-order chi connectivity index (χ0) is 17.6. The molecule has 0 saturated heterocycles. The molecular formula is C21H19N2O2+. The summed E-state index contributed by atoms with van der Waals surface area (Å²) in [4.78, 5) is 24.0. The lowest BCUT2D eigenvalue weighted by atomic mass is 10.1. The quantitative estimate of drug-likeness (QED) is 0.575. The zero-order valence-corrected chi connectivity index (χ0v) is 14.0. The van der Waals surface area contributed by atoms with Crippen LogP contribution in [0.4, 0.5) is 5.69 Å². The van der Waals surface area contributed by atoms with Gasteiger partial charge in [0.2, 0.25) is 6.54 Å². The van der Waals surface area contributed by atoms with E-state index in [2.05, 4.69) is 5.32 Å². The van der Waals surface area contributed by atoms with Gasteiger partial charge in [0.1, 0.15) is 0 Å². The van der Waals surface area contributed by atoms with Crippen LogP contribution < -0.4 is 9.88 Å². The Kier molecular flexibility index (Phi) is 5.00. The molecule has 1 heterocycles. The normalized spacial score (nSPS) is 10.3. The topological polar surface area (TPSA) is 50.1 Å². The summed E-state index contributed by atoms with van der Waals surface area (Å²) in [6.45, 7) is 1.66. The number of aromatic nitrogens is 1. The molecule has 0 aliphatic rings. The molecule has 0 spiro atoms. The Morgan fingerprint density at radius 1 is 0.880 bits per heavy atom. The summed E-state index contributed by atoms with van der Waals surface area (Å²) >= 11 is 0. The number of hydrogen-bond acceptors (Lipinski definition) is 2. The third-order valence-electron chi connectivity index (χ3n) is 3.87. The van der Waals surface area contributed by atoms with Gasteiger partial charge in [0.05, 0.1) is 5.69 Å². The Balaban J connectivity index is 1.75. The molecule has 4 heteroatoms. The molecule has 0 atom stereocenters. The van der Waals surface area contributed by atoms with Crippen molar-refractivity contribution < 1.29 is 14.2 Å². The van der Waals surface area contributed by atoms with Crippen LogP contribution in [0.15, 0.2) is 79.1 Å². The molecule has 0 aliphatic carbocycles. The molecule has 1 N–H and O–H groups in total. The molecule has 4 nitrogen and oxygen atoms in total. The van der Waals surface area contributed by atoms with E-state index in [1.54, 1.807) is 24.3 Å². The third-order valence-corrected chi connectivity index (χ3v) is 3.87. The molecule has 0 saturated carbocycles. The van der Waals surface area contributed by atoms with Gasteiger partial charge in [0.15, 0.2) is 18.2 Å². The van der Waals surface area contributed by atoms with Crippen LogP contribution in [-0.4, -0.2) is 11.7 Å². The number of benzene rings is 2. The molecule has 0 aliphatic heterocycles. The number of hydrogen-bond donors (Lipinski definition) is 1. The second-order valence-electron chi connectivity index (χ2n) is 5.78. The molecule has 1 amide bonds. The molecule has 3 aromatic rings. The maximum Gasteiger partial charge on any atom is 0.290 e. The van der Waals surface area contributed by atoms with E-state index in [0.717, 1.165) is 11.1 Å². The van der Waals surface area contributed by atoms with E-state index in [4.69, 9.17) is 0 Å². The smallest absolute Gasteiger partial charge is 0.290 e. The summed E-state index contributed by atoms with van der Waals surface area (Å²) in [5.74, 6) is -0.251. The third kappa shape index (κ3) is 4.18. The van der Waals surface area contributed by atoms with Gasteiger partial charge in [-0.25, -0.2) is 0 Å². The van der Waals surface area contributed by atoms with E-state index >= 15 is 0 Å². The fraction of sp³-hybridized carbons (Fsp3) is 0.0952. The first kappa shape index (κ1) is 16.6. The van der Waals surface area contributed by atoms with Crippen LogP contribution in [0.3, 0.4) is 0 Å². The largest absolute Gasteiger partial charge is 0.320 e. The lowest BCUT2D eigenvalue weighted by Crippen LogP contribution is -2.39. The van der Waals surface area contributed by atoms with Crippen LogP contribution >= 0.6 is 0 Å². The second kappa shape index (κ2) is 7.53. The Bertz CT molecular complexity index is 905. The standard InChI is InChI=1S/C21H18N2O2/c1-16(24)19-11-5-6-12-20(19)22-21(25)15-23-13-7-10-18(14-23)17-8-3-2-4-9-17/h2-14H,15H2,1H3/p+1. The maximum atomic E-state index is 12.4. The predicted molar refractivity (Wildman–Crippen MR) is 97.1 cm³/mol. The van der Waals surface area contributed by atoms with E-state index in [0.29, 0.717) is 11.3 Å².